The number of hydrazine groups is 1. The van der Waals surface area contributed by atoms with Crippen molar-refractivity contribution in [3.8, 4) is 0 Å². The molecule has 0 aliphatic rings. The standard InChI is InChI=1S/C25H31N3O5/c1-2-3-11-22(29)26-21-14-12-20(13-15-21)25(32)28-27-23(30)16-17-24(31)33-18-7-10-19-8-5-4-6-9-19/h4-6,8-9,12-15H,2-3,7,10-11,16-18H2,1H3,(H,26,29)(H,27,30)(H,28,32). The molecule has 0 aliphatic carbocycles. The maximum atomic E-state index is 12.1. The van der Waals surface area contributed by atoms with Crippen LogP contribution in [0.2, 0.25) is 0 Å². The van der Waals surface area contributed by atoms with Crippen LogP contribution in [0.5, 0.6) is 0 Å². The van der Waals surface area contributed by atoms with Crippen LogP contribution in [-0.4, -0.2) is 30.3 Å². The molecule has 3 amide bonds. The second-order valence-corrected chi connectivity index (χ2v) is 7.54. The fraction of sp³-hybridized carbons (Fsp3) is 0.360. The number of esters is 1. The average Bonchev–Trinajstić information content (AvgIpc) is 2.83. The molecule has 0 saturated heterocycles. The topological polar surface area (TPSA) is 114 Å². The van der Waals surface area contributed by atoms with Gasteiger partial charge in [-0.1, -0.05) is 43.7 Å². The number of ether oxygens (including phenoxy) is 1. The Labute approximate surface area is 194 Å². The van der Waals surface area contributed by atoms with Crippen molar-refractivity contribution in [3.05, 3.63) is 65.7 Å². The second-order valence-electron chi connectivity index (χ2n) is 7.54. The van der Waals surface area contributed by atoms with Crippen molar-refractivity contribution in [1.29, 1.82) is 0 Å². The maximum absolute atomic E-state index is 12.1. The summed E-state index contributed by atoms with van der Waals surface area (Å²) in [6, 6.07) is 16.2. The molecule has 0 aromatic heterocycles. The summed E-state index contributed by atoms with van der Waals surface area (Å²) in [5.74, 6) is -1.53. The predicted molar refractivity (Wildman–Crippen MR) is 125 cm³/mol. The van der Waals surface area contributed by atoms with Gasteiger partial charge in [0.25, 0.3) is 5.91 Å². The molecular weight excluding hydrogens is 422 g/mol. The Balaban J connectivity index is 1.60. The van der Waals surface area contributed by atoms with E-state index >= 15 is 0 Å². The second kappa shape index (κ2) is 14.4. The van der Waals surface area contributed by atoms with E-state index in [-0.39, 0.29) is 18.7 Å². The van der Waals surface area contributed by atoms with Crippen LogP contribution in [0.15, 0.2) is 54.6 Å². The molecule has 2 rings (SSSR count). The molecule has 0 bridgehead atoms. The van der Waals surface area contributed by atoms with Crippen LogP contribution in [0.4, 0.5) is 5.69 Å². The average molecular weight is 454 g/mol. The summed E-state index contributed by atoms with van der Waals surface area (Å²) in [6.45, 7) is 2.31. The van der Waals surface area contributed by atoms with Gasteiger partial charge in [-0.2, -0.15) is 0 Å². The lowest BCUT2D eigenvalue weighted by Crippen LogP contribution is -2.41. The molecule has 0 spiro atoms. The molecule has 2 aromatic carbocycles. The number of carbonyl (C=O) groups excluding carboxylic acids is 4. The van der Waals surface area contributed by atoms with E-state index in [9.17, 15) is 19.2 Å². The molecule has 0 aliphatic heterocycles. The molecule has 0 saturated carbocycles. The van der Waals surface area contributed by atoms with E-state index in [1.54, 1.807) is 24.3 Å². The number of nitrogens with one attached hydrogen (secondary N) is 3. The van der Waals surface area contributed by atoms with Crippen LogP contribution in [0.1, 0.15) is 61.4 Å². The molecular formula is C25H31N3O5. The predicted octanol–water partition coefficient (Wildman–Crippen LogP) is 3.53. The first kappa shape index (κ1) is 25.6. The number of anilines is 1. The first-order valence-corrected chi connectivity index (χ1v) is 11.2. The van der Waals surface area contributed by atoms with Gasteiger partial charge in [0.05, 0.1) is 13.0 Å². The van der Waals surface area contributed by atoms with Gasteiger partial charge in [0.2, 0.25) is 11.8 Å². The Morgan fingerprint density at radius 1 is 0.788 bits per heavy atom. The Morgan fingerprint density at radius 2 is 1.52 bits per heavy atom. The zero-order valence-corrected chi connectivity index (χ0v) is 18.9. The Kier molecular flexibility index (Phi) is 11.2. The maximum Gasteiger partial charge on any atom is 0.306 e. The van der Waals surface area contributed by atoms with E-state index in [1.165, 1.54) is 5.56 Å². The zero-order valence-electron chi connectivity index (χ0n) is 18.9. The highest BCUT2D eigenvalue weighted by Crippen LogP contribution is 2.10. The summed E-state index contributed by atoms with van der Waals surface area (Å²) in [7, 11) is 0. The number of benzene rings is 2. The van der Waals surface area contributed by atoms with Crippen LogP contribution < -0.4 is 16.2 Å². The first-order chi connectivity index (χ1) is 16.0. The number of rotatable bonds is 12. The monoisotopic (exact) mass is 453 g/mol. The molecule has 8 heteroatoms. The highest BCUT2D eigenvalue weighted by Gasteiger charge is 2.11. The molecule has 2 aromatic rings. The smallest absolute Gasteiger partial charge is 0.306 e. The third-order valence-electron chi connectivity index (χ3n) is 4.78. The summed E-state index contributed by atoms with van der Waals surface area (Å²) in [6.07, 6.45) is 3.56. The van der Waals surface area contributed by atoms with Gasteiger partial charge in [-0.15, -0.1) is 0 Å². The minimum absolute atomic E-state index is 0.0700. The number of hydrogen-bond acceptors (Lipinski definition) is 5. The Morgan fingerprint density at radius 3 is 2.21 bits per heavy atom. The highest BCUT2D eigenvalue weighted by atomic mass is 16.5. The quantitative estimate of drug-likeness (QED) is 0.258. The molecule has 0 atom stereocenters. The Hall–Kier alpha value is -3.68. The summed E-state index contributed by atoms with van der Waals surface area (Å²) in [5, 5.41) is 2.76. The van der Waals surface area contributed by atoms with Crippen LogP contribution >= 0.6 is 0 Å². The largest absolute Gasteiger partial charge is 0.466 e. The third kappa shape index (κ3) is 10.5. The highest BCUT2D eigenvalue weighted by molar-refractivity contribution is 5.96. The minimum Gasteiger partial charge on any atom is -0.466 e. The van der Waals surface area contributed by atoms with Crippen LogP contribution in [0, 0.1) is 0 Å². The first-order valence-electron chi connectivity index (χ1n) is 11.2. The number of amides is 3. The lowest BCUT2D eigenvalue weighted by Gasteiger charge is -2.09. The fourth-order valence-corrected chi connectivity index (χ4v) is 2.92. The molecule has 0 radical (unpaired) electrons. The number of hydrogen-bond donors (Lipinski definition) is 3. The summed E-state index contributed by atoms with van der Waals surface area (Å²) in [5.41, 5.74) is 6.67. The molecule has 3 N–H and O–H groups in total. The fourth-order valence-electron chi connectivity index (χ4n) is 2.92. The van der Waals surface area contributed by atoms with Crippen molar-refractivity contribution in [2.75, 3.05) is 11.9 Å². The SMILES string of the molecule is CCCCC(=O)Nc1ccc(C(=O)NNC(=O)CCC(=O)OCCCc2ccccc2)cc1. The van der Waals surface area contributed by atoms with Crippen molar-refractivity contribution in [3.63, 3.8) is 0 Å². The van der Waals surface area contributed by atoms with E-state index in [0.717, 1.165) is 19.3 Å². The van der Waals surface area contributed by atoms with Crippen molar-refractivity contribution < 1.29 is 23.9 Å². The minimum atomic E-state index is -0.504. The number of unbranched alkanes of at least 4 members (excludes halogenated alkanes) is 1. The van der Waals surface area contributed by atoms with Crippen molar-refractivity contribution in [1.82, 2.24) is 10.9 Å². The molecule has 0 fully saturated rings. The van der Waals surface area contributed by atoms with Gasteiger partial charge in [-0.05, 0) is 49.1 Å². The van der Waals surface area contributed by atoms with Crippen molar-refractivity contribution in [2.24, 2.45) is 0 Å². The summed E-state index contributed by atoms with van der Waals surface area (Å²) < 4.78 is 5.13. The lowest BCUT2D eigenvalue weighted by molar-refractivity contribution is -0.145. The molecule has 8 nitrogen and oxygen atoms in total. The summed E-state index contributed by atoms with van der Waals surface area (Å²) >= 11 is 0. The van der Waals surface area contributed by atoms with Gasteiger partial charge in [-0.25, -0.2) is 0 Å². The van der Waals surface area contributed by atoms with E-state index in [4.69, 9.17) is 4.74 Å². The van der Waals surface area contributed by atoms with Gasteiger partial charge in [0.15, 0.2) is 0 Å². The van der Waals surface area contributed by atoms with Crippen molar-refractivity contribution >= 4 is 29.4 Å². The van der Waals surface area contributed by atoms with Gasteiger partial charge < -0.3 is 10.1 Å². The molecule has 0 heterocycles. The van der Waals surface area contributed by atoms with Gasteiger partial charge in [0, 0.05) is 24.1 Å². The van der Waals surface area contributed by atoms with Crippen LogP contribution in [-0.2, 0) is 25.5 Å². The summed E-state index contributed by atoms with van der Waals surface area (Å²) in [4.78, 5) is 47.5. The molecule has 0 unspecified atom stereocenters. The van der Waals surface area contributed by atoms with Crippen molar-refractivity contribution in [2.45, 2.75) is 51.9 Å². The zero-order chi connectivity index (χ0) is 23.9. The van der Waals surface area contributed by atoms with Gasteiger partial charge in [0.1, 0.15) is 0 Å². The molecule has 33 heavy (non-hydrogen) atoms. The van der Waals surface area contributed by atoms with Gasteiger partial charge >= 0.3 is 5.97 Å². The van der Waals surface area contributed by atoms with E-state index in [2.05, 4.69) is 16.2 Å². The van der Waals surface area contributed by atoms with E-state index < -0.39 is 17.8 Å². The van der Waals surface area contributed by atoms with Gasteiger partial charge in [-0.3, -0.25) is 30.0 Å². The van der Waals surface area contributed by atoms with Crippen LogP contribution in [0.25, 0.3) is 0 Å². The number of carbonyl (C=O) groups is 4. The normalized spacial score (nSPS) is 10.2. The van der Waals surface area contributed by atoms with Crippen LogP contribution in [0.3, 0.4) is 0 Å². The van der Waals surface area contributed by atoms with E-state index in [0.29, 0.717) is 30.7 Å². The van der Waals surface area contributed by atoms with E-state index in [1.807, 2.05) is 37.3 Å². The third-order valence-corrected chi connectivity index (χ3v) is 4.78. The lowest BCUT2D eigenvalue weighted by atomic mass is 10.1. The Bertz CT molecular complexity index is 913. The number of aryl methyl sites for hydroxylation is 1. The molecule has 176 valence electrons.